The fourth-order valence-corrected chi connectivity index (χ4v) is 1.59. The van der Waals surface area contributed by atoms with E-state index < -0.39 is 5.60 Å². The Balaban J connectivity index is 3.89. The highest BCUT2D eigenvalue weighted by molar-refractivity contribution is 5.67. The third-order valence-electron chi connectivity index (χ3n) is 2.56. The largest absolute Gasteiger partial charge is 0.512 e. The predicted octanol–water partition coefficient (Wildman–Crippen LogP) is 4.48. The molecular weight excluding hydrogens is 254 g/mol. The summed E-state index contributed by atoms with van der Waals surface area (Å²) in [5.41, 5.74) is 0.503. The molecule has 1 amide bonds. The van der Waals surface area contributed by atoms with Gasteiger partial charge in [-0.05, 0) is 59.0 Å². The zero-order valence-corrected chi connectivity index (χ0v) is 13.5. The predicted molar refractivity (Wildman–Crippen MR) is 82.8 cm³/mol. The summed E-state index contributed by atoms with van der Waals surface area (Å²) in [6.07, 6.45) is 7.17. The second kappa shape index (κ2) is 9.45. The molecule has 0 radical (unpaired) electrons. The van der Waals surface area contributed by atoms with E-state index in [0.717, 1.165) is 31.3 Å². The zero-order valence-electron chi connectivity index (χ0n) is 13.5. The van der Waals surface area contributed by atoms with E-state index in [-0.39, 0.29) is 6.09 Å². The van der Waals surface area contributed by atoms with Gasteiger partial charge in [0, 0.05) is 6.54 Å². The molecule has 0 aliphatic carbocycles. The molecule has 0 fully saturated rings. The first kappa shape index (κ1) is 18.6. The zero-order chi connectivity index (χ0) is 15.6. The number of hydrogen-bond acceptors (Lipinski definition) is 3. The van der Waals surface area contributed by atoms with Gasteiger partial charge in [0.1, 0.15) is 5.60 Å². The van der Waals surface area contributed by atoms with Gasteiger partial charge in [-0.2, -0.15) is 0 Å². The Morgan fingerprint density at radius 3 is 2.45 bits per heavy atom. The van der Waals surface area contributed by atoms with E-state index in [4.69, 9.17) is 4.74 Å². The molecule has 4 heteroatoms. The van der Waals surface area contributed by atoms with E-state index in [2.05, 4.69) is 12.2 Å². The van der Waals surface area contributed by atoms with Gasteiger partial charge in [0.15, 0.2) is 0 Å². The summed E-state index contributed by atoms with van der Waals surface area (Å²) >= 11 is 0. The quantitative estimate of drug-likeness (QED) is 0.411. The normalized spacial score (nSPS) is 13.2. The second-order valence-electron chi connectivity index (χ2n) is 5.81. The highest BCUT2D eigenvalue weighted by atomic mass is 16.6. The molecule has 116 valence electrons. The maximum Gasteiger partial charge on any atom is 0.407 e. The summed E-state index contributed by atoms with van der Waals surface area (Å²) < 4.78 is 5.15. The second-order valence-corrected chi connectivity index (χ2v) is 5.81. The molecule has 0 aromatic rings. The lowest BCUT2D eigenvalue weighted by atomic mass is 10.1. The molecule has 0 spiro atoms. The molecule has 0 rings (SSSR count). The van der Waals surface area contributed by atoms with Gasteiger partial charge in [-0.3, -0.25) is 0 Å². The Kier molecular flexibility index (Phi) is 8.77. The number of carbonyl (C=O) groups excluding carboxylic acids is 1. The lowest BCUT2D eigenvalue weighted by molar-refractivity contribution is 0.0527. The van der Waals surface area contributed by atoms with Gasteiger partial charge in [0.25, 0.3) is 0 Å². The van der Waals surface area contributed by atoms with Gasteiger partial charge in [0.05, 0.1) is 5.76 Å². The van der Waals surface area contributed by atoms with Crippen molar-refractivity contribution < 1.29 is 14.6 Å². The van der Waals surface area contributed by atoms with E-state index in [1.807, 2.05) is 32.9 Å². The molecule has 0 aromatic heterocycles. The van der Waals surface area contributed by atoms with Crippen molar-refractivity contribution in [2.45, 2.75) is 65.9 Å². The minimum absolute atomic E-state index is 0.370. The van der Waals surface area contributed by atoms with Crippen LogP contribution in [0.25, 0.3) is 0 Å². The molecule has 4 nitrogen and oxygen atoms in total. The Hall–Kier alpha value is -1.45. The molecule has 2 N–H and O–H groups in total. The van der Waals surface area contributed by atoms with Crippen LogP contribution >= 0.6 is 0 Å². The molecule has 0 unspecified atom stereocenters. The lowest BCUT2D eigenvalue weighted by Gasteiger charge is -2.19. The number of alkyl carbamates (subject to hydrolysis) is 1. The van der Waals surface area contributed by atoms with Gasteiger partial charge < -0.3 is 15.2 Å². The molecule has 0 heterocycles. The lowest BCUT2D eigenvalue weighted by Crippen LogP contribution is -2.32. The summed E-state index contributed by atoms with van der Waals surface area (Å²) in [7, 11) is 0. The molecular formula is C16H29NO3. The monoisotopic (exact) mass is 283 g/mol. The van der Waals surface area contributed by atoms with E-state index in [1.165, 1.54) is 0 Å². The smallest absolute Gasteiger partial charge is 0.407 e. The summed E-state index contributed by atoms with van der Waals surface area (Å²) in [6, 6.07) is 0. The third-order valence-corrected chi connectivity index (χ3v) is 2.56. The van der Waals surface area contributed by atoms with Crippen molar-refractivity contribution >= 4 is 6.09 Å². The Labute approximate surface area is 122 Å². The van der Waals surface area contributed by atoms with Crippen molar-refractivity contribution in [2.24, 2.45) is 0 Å². The van der Waals surface area contributed by atoms with Crippen LogP contribution in [0.1, 0.15) is 60.3 Å². The van der Waals surface area contributed by atoms with Crippen molar-refractivity contribution in [3.8, 4) is 0 Å². The maximum absolute atomic E-state index is 11.4. The fraction of sp³-hybridized carbons (Fsp3) is 0.688. The number of aliphatic hydroxyl groups is 1. The van der Waals surface area contributed by atoms with Crippen LogP contribution in [0.3, 0.4) is 0 Å². The number of ether oxygens (including phenoxy) is 1. The number of rotatable bonds is 7. The molecule has 0 aromatic carbocycles. The van der Waals surface area contributed by atoms with Crippen molar-refractivity contribution in [2.75, 3.05) is 6.54 Å². The molecule has 0 bridgehead atoms. The average molecular weight is 283 g/mol. The van der Waals surface area contributed by atoms with Crippen LogP contribution in [0, 0.1) is 0 Å². The van der Waals surface area contributed by atoms with Gasteiger partial charge in [0.2, 0.25) is 0 Å². The molecule has 0 saturated heterocycles. The number of aliphatic hydroxyl groups excluding tert-OH is 1. The summed E-state index contributed by atoms with van der Waals surface area (Å²) in [5.74, 6) is 0.370. The highest BCUT2D eigenvalue weighted by Gasteiger charge is 2.15. The van der Waals surface area contributed by atoms with Crippen molar-refractivity contribution in [3.63, 3.8) is 0 Å². The molecule has 0 aliphatic rings. The number of hydrogen-bond donors (Lipinski definition) is 2. The minimum atomic E-state index is -0.459. The van der Waals surface area contributed by atoms with Crippen molar-refractivity contribution in [3.05, 3.63) is 23.5 Å². The molecule has 0 saturated carbocycles. The minimum Gasteiger partial charge on any atom is -0.512 e. The number of unbranched alkanes of at least 4 members (excludes halogenated alkanes) is 1. The van der Waals surface area contributed by atoms with Gasteiger partial charge in [-0.15, -0.1) is 0 Å². The van der Waals surface area contributed by atoms with E-state index in [0.29, 0.717) is 12.3 Å². The van der Waals surface area contributed by atoms with Crippen LogP contribution in [0.15, 0.2) is 23.5 Å². The van der Waals surface area contributed by atoms with Crippen LogP contribution in [0.4, 0.5) is 4.79 Å². The summed E-state index contributed by atoms with van der Waals surface area (Å²) in [6.45, 7) is 9.87. The Morgan fingerprint density at radius 1 is 1.30 bits per heavy atom. The van der Waals surface area contributed by atoms with Crippen LogP contribution in [0.5, 0.6) is 0 Å². The standard InChI is InChI=1S/C16H29NO3/c1-6-7-10-14(13(2)18)11-8-9-12-17-15(19)20-16(3,4)5/h7,10,18H,6,8-9,11-12H2,1-5H3,(H,17,19)/b10-7-,14-13+. The van der Waals surface area contributed by atoms with Gasteiger partial charge >= 0.3 is 6.09 Å². The summed E-state index contributed by atoms with van der Waals surface area (Å²) in [4.78, 5) is 11.4. The number of amides is 1. The molecule has 0 atom stereocenters. The fourth-order valence-electron chi connectivity index (χ4n) is 1.59. The van der Waals surface area contributed by atoms with E-state index in [1.54, 1.807) is 6.92 Å². The van der Waals surface area contributed by atoms with Crippen LogP contribution in [-0.2, 0) is 4.74 Å². The van der Waals surface area contributed by atoms with Gasteiger partial charge in [-0.25, -0.2) is 4.79 Å². The third kappa shape index (κ3) is 10.5. The average Bonchev–Trinajstić information content (AvgIpc) is 2.29. The van der Waals surface area contributed by atoms with E-state index >= 15 is 0 Å². The summed E-state index contributed by atoms with van der Waals surface area (Å²) in [5, 5.41) is 12.3. The first-order valence-corrected chi connectivity index (χ1v) is 7.28. The van der Waals surface area contributed by atoms with Crippen LogP contribution in [0.2, 0.25) is 0 Å². The van der Waals surface area contributed by atoms with Gasteiger partial charge in [-0.1, -0.05) is 19.1 Å². The first-order chi connectivity index (χ1) is 9.26. The number of carbonyl (C=O) groups is 1. The maximum atomic E-state index is 11.4. The molecule has 0 aliphatic heterocycles. The van der Waals surface area contributed by atoms with Crippen LogP contribution < -0.4 is 5.32 Å². The Morgan fingerprint density at radius 2 is 1.95 bits per heavy atom. The molecule has 20 heavy (non-hydrogen) atoms. The number of allylic oxidation sites excluding steroid dienone is 4. The van der Waals surface area contributed by atoms with Crippen molar-refractivity contribution in [1.29, 1.82) is 0 Å². The van der Waals surface area contributed by atoms with Crippen molar-refractivity contribution in [1.82, 2.24) is 5.32 Å². The SMILES string of the molecule is CC/C=C\C(CCCCNC(=O)OC(C)(C)C)=C(\C)O. The Bertz CT molecular complexity index is 347. The van der Waals surface area contributed by atoms with Crippen LogP contribution in [-0.4, -0.2) is 23.3 Å². The first-order valence-electron chi connectivity index (χ1n) is 7.28. The topological polar surface area (TPSA) is 58.6 Å². The van der Waals surface area contributed by atoms with E-state index in [9.17, 15) is 9.90 Å². The highest BCUT2D eigenvalue weighted by Crippen LogP contribution is 2.13. The number of nitrogens with one attached hydrogen (secondary N) is 1.